The van der Waals surface area contributed by atoms with Crippen LogP contribution in [0.2, 0.25) is 0 Å². The molecule has 1 aromatic rings. The van der Waals surface area contributed by atoms with Gasteiger partial charge in [-0.15, -0.1) is 0 Å². The largest absolute Gasteiger partial charge is 0.494 e. The number of rotatable bonds is 8. The molecule has 0 aliphatic heterocycles. The van der Waals surface area contributed by atoms with Crippen LogP contribution in [0.15, 0.2) is 24.3 Å². The van der Waals surface area contributed by atoms with Crippen molar-refractivity contribution in [3.8, 4) is 5.75 Å². The molecule has 0 saturated heterocycles. The number of hydrogen-bond donors (Lipinski definition) is 1. The van der Waals surface area contributed by atoms with Gasteiger partial charge in [0.05, 0.1) is 18.0 Å². The van der Waals surface area contributed by atoms with E-state index in [0.717, 1.165) is 6.42 Å². The first kappa shape index (κ1) is 14.8. The third kappa shape index (κ3) is 5.40. The van der Waals surface area contributed by atoms with Crippen LogP contribution in [0, 0.1) is 6.92 Å². The molecule has 1 aromatic carbocycles. The summed E-state index contributed by atoms with van der Waals surface area (Å²) < 4.78 is 31.4. The Bertz CT molecular complexity index is 457. The van der Waals surface area contributed by atoms with Gasteiger partial charge in [-0.25, -0.2) is 8.42 Å². The van der Waals surface area contributed by atoms with Gasteiger partial charge < -0.3 is 4.74 Å². The number of anilines is 1. The lowest BCUT2D eigenvalue weighted by Gasteiger charge is -2.09. The lowest BCUT2D eigenvalue weighted by atomic mass is 10.3. The minimum Gasteiger partial charge on any atom is -0.494 e. The van der Waals surface area contributed by atoms with Gasteiger partial charge in [-0.3, -0.25) is 4.72 Å². The topological polar surface area (TPSA) is 55.4 Å². The summed E-state index contributed by atoms with van der Waals surface area (Å²) in [6.45, 7) is 6.16. The van der Waals surface area contributed by atoms with Gasteiger partial charge in [0.15, 0.2) is 0 Å². The molecule has 0 fully saturated rings. The van der Waals surface area contributed by atoms with Gasteiger partial charge in [0.2, 0.25) is 10.0 Å². The molecule has 1 rings (SSSR count). The molecule has 0 bridgehead atoms. The Morgan fingerprint density at radius 3 is 2.83 bits per heavy atom. The normalized spacial score (nSPS) is 11.2. The zero-order valence-corrected chi connectivity index (χ0v) is 11.5. The first-order chi connectivity index (χ1) is 8.57. The highest BCUT2D eigenvalue weighted by molar-refractivity contribution is 7.92. The van der Waals surface area contributed by atoms with Crippen molar-refractivity contribution in [1.82, 2.24) is 0 Å². The van der Waals surface area contributed by atoms with Crippen molar-refractivity contribution in [2.75, 3.05) is 17.1 Å². The van der Waals surface area contributed by atoms with Crippen molar-refractivity contribution < 1.29 is 13.2 Å². The molecule has 0 aliphatic rings. The maximum atomic E-state index is 11.7. The second-order valence-corrected chi connectivity index (χ2v) is 5.85. The predicted octanol–water partition coefficient (Wildman–Crippen LogP) is 2.83. The van der Waals surface area contributed by atoms with Crippen molar-refractivity contribution in [3.05, 3.63) is 31.2 Å². The van der Waals surface area contributed by atoms with Gasteiger partial charge in [-0.2, -0.15) is 0 Å². The average molecular weight is 270 g/mol. The van der Waals surface area contributed by atoms with Crippen LogP contribution in [0.1, 0.15) is 26.2 Å². The van der Waals surface area contributed by atoms with Gasteiger partial charge in [0, 0.05) is 6.07 Å². The van der Waals surface area contributed by atoms with Crippen LogP contribution in [0.3, 0.4) is 0 Å². The fourth-order valence-corrected chi connectivity index (χ4v) is 2.66. The van der Waals surface area contributed by atoms with Crippen LogP contribution in [0.4, 0.5) is 5.69 Å². The van der Waals surface area contributed by atoms with Crippen molar-refractivity contribution in [3.63, 3.8) is 0 Å². The number of ether oxygens (including phenoxy) is 1. The van der Waals surface area contributed by atoms with E-state index in [-0.39, 0.29) is 5.75 Å². The second-order valence-electron chi connectivity index (χ2n) is 4.00. The Morgan fingerprint density at radius 2 is 2.17 bits per heavy atom. The molecular formula is C13H20NO3S. The molecule has 0 saturated carbocycles. The van der Waals surface area contributed by atoms with Crippen LogP contribution in [-0.2, 0) is 10.0 Å². The molecule has 1 N–H and O–H groups in total. The van der Waals surface area contributed by atoms with Gasteiger partial charge in [-0.1, -0.05) is 19.4 Å². The standard InChI is InChI=1S/C13H20NO3S/c1-3-5-10-18(15,16)14-12-7-6-8-13(11-12)17-9-4-2/h6-8,11,14H,2-5,9-10H2,1H3. The van der Waals surface area contributed by atoms with E-state index < -0.39 is 10.0 Å². The summed E-state index contributed by atoms with van der Waals surface area (Å²) in [6, 6.07) is 6.94. The zero-order valence-electron chi connectivity index (χ0n) is 10.7. The van der Waals surface area contributed by atoms with E-state index in [1.807, 2.05) is 6.92 Å². The number of unbranched alkanes of at least 4 members (excludes halogenated alkanes) is 1. The molecule has 18 heavy (non-hydrogen) atoms. The molecule has 1 radical (unpaired) electrons. The van der Waals surface area contributed by atoms with Crippen molar-refractivity contribution in [1.29, 1.82) is 0 Å². The summed E-state index contributed by atoms with van der Waals surface area (Å²) in [5.41, 5.74) is 0.535. The molecule has 0 atom stereocenters. The first-order valence-electron chi connectivity index (χ1n) is 6.10. The SMILES string of the molecule is [CH2]CCOc1cccc(NS(=O)(=O)CCCC)c1. The monoisotopic (exact) mass is 270 g/mol. The highest BCUT2D eigenvalue weighted by atomic mass is 32.2. The number of nitrogens with one attached hydrogen (secondary N) is 1. The molecule has 101 valence electrons. The fraction of sp³-hybridized carbons (Fsp3) is 0.462. The molecule has 4 nitrogen and oxygen atoms in total. The van der Waals surface area contributed by atoms with Crippen molar-refractivity contribution in [2.24, 2.45) is 0 Å². The Balaban J connectivity index is 2.66. The zero-order chi connectivity index (χ0) is 13.4. The number of sulfonamides is 1. The van der Waals surface area contributed by atoms with Crippen LogP contribution >= 0.6 is 0 Å². The number of hydrogen-bond acceptors (Lipinski definition) is 3. The first-order valence-corrected chi connectivity index (χ1v) is 7.75. The minimum absolute atomic E-state index is 0.146. The fourth-order valence-electron chi connectivity index (χ4n) is 1.40. The third-order valence-corrected chi connectivity index (χ3v) is 3.66. The predicted molar refractivity (Wildman–Crippen MR) is 74.2 cm³/mol. The van der Waals surface area contributed by atoms with E-state index in [4.69, 9.17) is 4.74 Å². The molecule has 5 heteroatoms. The summed E-state index contributed by atoms with van der Waals surface area (Å²) >= 11 is 0. The van der Waals surface area contributed by atoms with Crippen LogP contribution < -0.4 is 9.46 Å². The Morgan fingerprint density at radius 1 is 1.39 bits per heavy atom. The third-order valence-electron chi connectivity index (χ3n) is 2.29. The maximum Gasteiger partial charge on any atom is 0.232 e. The van der Waals surface area contributed by atoms with E-state index in [2.05, 4.69) is 11.6 Å². The van der Waals surface area contributed by atoms with E-state index in [1.165, 1.54) is 0 Å². The van der Waals surface area contributed by atoms with Gasteiger partial charge in [-0.05, 0) is 31.9 Å². The van der Waals surface area contributed by atoms with E-state index >= 15 is 0 Å². The van der Waals surface area contributed by atoms with Gasteiger partial charge >= 0.3 is 0 Å². The van der Waals surface area contributed by atoms with E-state index in [1.54, 1.807) is 24.3 Å². The summed E-state index contributed by atoms with van der Waals surface area (Å²) in [6.07, 6.45) is 2.19. The quantitative estimate of drug-likeness (QED) is 0.790. The molecule has 0 unspecified atom stereocenters. The van der Waals surface area contributed by atoms with Crippen LogP contribution in [-0.4, -0.2) is 20.8 Å². The minimum atomic E-state index is -3.25. The van der Waals surface area contributed by atoms with Crippen molar-refractivity contribution in [2.45, 2.75) is 26.2 Å². The Hall–Kier alpha value is -1.23. The van der Waals surface area contributed by atoms with E-state index in [0.29, 0.717) is 30.9 Å². The second kappa shape index (κ2) is 7.26. The molecule has 0 spiro atoms. The summed E-state index contributed by atoms with van der Waals surface area (Å²) in [5.74, 6) is 0.794. The lowest BCUT2D eigenvalue weighted by Crippen LogP contribution is -2.16. The van der Waals surface area contributed by atoms with Gasteiger partial charge in [0.25, 0.3) is 0 Å². The van der Waals surface area contributed by atoms with Crippen LogP contribution in [0.25, 0.3) is 0 Å². The highest BCUT2D eigenvalue weighted by Crippen LogP contribution is 2.18. The smallest absolute Gasteiger partial charge is 0.232 e. The molecular weight excluding hydrogens is 250 g/mol. The lowest BCUT2D eigenvalue weighted by molar-refractivity contribution is 0.324. The highest BCUT2D eigenvalue weighted by Gasteiger charge is 2.09. The maximum absolute atomic E-state index is 11.7. The van der Waals surface area contributed by atoms with Crippen LogP contribution in [0.5, 0.6) is 5.75 Å². The van der Waals surface area contributed by atoms with Crippen molar-refractivity contribution >= 4 is 15.7 Å². The van der Waals surface area contributed by atoms with Gasteiger partial charge in [0.1, 0.15) is 5.75 Å². The summed E-state index contributed by atoms with van der Waals surface area (Å²) in [4.78, 5) is 0. The molecule has 0 aliphatic carbocycles. The average Bonchev–Trinajstić information content (AvgIpc) is 2.34. The molecule has 0 aromatic heterocycles. The van der Waals surface area contributed by atoms with E-state index in [9.17, 15) is 8.42 Å². The Kier molecular flexibility index (Phi) is 5.98. The summed E-state index contributed by atoms with van der Waals surface area (Å²) in [5, 5.41) is 0. The summed E-state index contributed by atoms with van der Waals surface area (Å²) in [7, 11) is -3.25. The molecule has 0 heterocycles. The Labute approximate surface area is 109 Å². The molecule has 0 amide bonds. The number of benzene rings is 1.